The molecular weight excluding hydrogens is 180 g/mol. The van der Waals surface area contributed by atoms with Gasteiger partial charge in [-0.2, -0.15) is 0 Å². The van der Waals surface area contributed by atoms with Crippen LogP contribution in [0.3, 0.4) is 0 Å². The van der Waals surface area contributed by atoms with Crippen molar-refractivity contribution in [3.8, 4) is 5.75 Å². The van der Waals surface area contributed by atoms with Crippen LogP contribution in [0.25, 0.3) is 0 Å². The second kappa shape index (κ2) is 3.42. The molecule has 1 N–H and O–H groups in total. The Morgan fingerprint density at radius 1 is 1.50 bits per heavy atom. The van der Waals surface area contributed by atoms with Crippen molar-refractivity contribution >= 4 is 5.78 Å². The van der Waals surface area contributed by atoms with Gasteiger partial charge >= 0.3 is 0 Å². The lowest BCUT2D eigenvalue weighted by Gasteiger charge is -2.19. The van der Waals surface area contributed by atoms with Gasteiger partial charge in [-0.05, 0) is 30.5 Å². The van der Waals surface area contributed by atoms with E-state index < -0.39 is 6.10 Å². The molecule has 0 saturated heterocycles. The van der Waals surface area contributed by atoms with E-state index in [0.717, 1.165) is 12.0 Å². The average molecular weight is 192 g/mol. The van der Waals surface area contributed by atoms with Gasteiger partial charge in [-0.15, -0.1) is 0 Å². The molecule has 0 amide bonds. The summed E-state index contributed by atoms with van der Waals surface area (Å²) in [5.41, 5.74) is 1.60. The van der Waals surface area contributed by atoms with E-state index >= 15 is 0 Å². The third-order valence-electron chi connectivity index (χ3n) is 2.57. The highest BCUT2D eigenvalue weighted by atomic mass is 16.5. The van der Waals surface area contributed by atoms with Gasteiger partial charge in [-0.1, -0.05) is 6.07 Å². The van der Waals surface area contributed by atoms with E-state index in [1.165, 1.54) is 0 Å². The molecule has 1 aliphatic rings. The number of fused-ring (bicyclic) bond motifs is 1. The summed E-state index contributed by atoms with van der Waals surface area (Å²) >= 11 is 0. The summed E-state index contributed by atoms with van der Waals surface area (Å²) in [7, 11) is 1.56. The second-order valence-corrected chi connectivity index (χ2v) is 3.44. The summed E-state index contributed by atoms with van der Waals surface area (Å²) in [5, 5.41) is 9.40. The van der Waals surface area contributed by atoms with Crippen LogP contribution in [0.1, 0.15) is 22.3 Å². The van der Waals surface area contributed by atoms with Crippen molar-refractivity contribution < 1.29 is 14.6 Å². The van der Waals surface area contributed by atoms with Crippen LogP contribution in [0.5, 0.6) is 5.75 Å². The van der Waals surface area contributed by atoms with Gasteiger partial charge in [-0.25, -0.2) is 0 Å². The maximum absolute atomic E-state index is 11.6. The van der Waals surface area contributed by atoms with Crippen molar-refractivity contribution in [1.82, 2.24) is 0 Å². The fourth-order valence-corrected chi connectivity index (χ4v) is 1.73. The van der Waals surface area contributed by atoms with Gasteiger partial charge in [0, 0.05) is 5.56 Å². The molecule has 3 nitrogen and oxygen atoms in total. The topological polar surface area (TPSA) is 46.5 Å². The van der Waals surface area contributed by atoms with E-state index in [4.69, 9.17) is 4.74 Å². The monoisotopic (exact) mass is 192 g/mol. The molecule has 0 aliphatic heterocycles. The second-order valence-electron chi connectivity index (χ2n) is 3.44. The predicted octanol–water partition coefficient (Wildman–Crippen LogP) is 1.18. The summed E-state index contributed by atoms with van der Waals surface area (Å²) in [6.45, 7) is 0. The van der Waals surface area contributed by atoms with Crippen LogP contribution in [0, 0.1) is 0 Å². The third-order valence-corrected chi connectivity index (χ3v) is 2.57. The SMILES string of the molecule is COc1ccc2c(c1)C(=O)C(O)CC2. The van der Waals surface area contributed by atoms with Crippen molar-refractivity contribution in [1.29, 1.82) is 0 Å². The van der Waals surface area contributed by atoms with E-state index in [-0.39, 0.29) is 5.78 Å². The van der Waals surface area contributed by atoms with E-state index in [9.17, 15) is 9.90 Å². The minimum Gasteiger partial charge on any atom is -0.497 e. The van der Waals surface area contributed by atoms with Gasteiger partial charge in [0.05, 0.1) is 7.11 Å². The van der Waals surface area contributed by atoms with Crippen LogP contribution >= 0.6 is 0 Å². The molecule has 74 valence electrons. The van der Waals surface area contributed by atoms with Crippen molar-refractivity contribution in [2.75, 3.05) is 7.11 Å². The molecule has 0 heterocycles. The number of aliphatic hydroxyl groups excluding tert-OH is 1. The first-order valence-electron chi connectivity index (χ1n) is 4.61. The third kappa shape index (κ3) is 1.40. The number of aryl methyl sites for hydroxylation is 1. The molecule has 0 fully saturated rings. The molecule has 0 saturated carbocycles. The summed E-state index contributed by atoms with van der Waals surface area (Å²) < 4.78 is 5.03. The number of Topliss-reactive ketones (excluding diaryl/α,β-unsaturated/α-hetero) is 1. The first-order valence-corrected chi connectivity index (χ1v) is 4.61. The number of aliphatic hydroxyl groups is 1. The lowest BCUT2D eigenvalue weighted by Crippen LogP contribution is -2.27. The van der Waals surface area contributed by atoms with E-state index in [1.807, 2.05) is 12.1 Å². The minimum atomic E-state index is -0.838. The first kappa shape index (κ1) is 9.21. The Hall–Kier alpha value is -1.35. The van der Waals surface area contributed by atoms with Crippen molar-refractivity contribution in [2.45, 2.75) is 18.9 Å². The number of hydrogen-bond acceptors (Lipinski definition) is 3. The summed E-state index contributed by atoms with van der Waals surface area (Å²) in [4.78, 5) is 11.6. The van der Waals surface area contributed by atoms with Crippen LogP contribution in [-0.4, -0.2) is 24.1 Å². The molecule has 1 unspecified atom stereocenters. The Bertz CT molecular complexity index is 371. The van der Waals surface area contributed by atoms with Gasteiger partial charge in [0.1, 0.15) is 11.9 Å². The number of carbonyl (C=O) groups excluding carboxylic acids is 1. The van der Waals surface area contributed by atoms with Gasteiger partial charge < -0.3 is 9.84 Å². The fourth-order valence-electron chi connectivity index (χ4n) is 1.73. The van der Waals surface area contributed by atoms with Crippen LogP contribution in [-0.2, 0) is 6.42 Å². The van der Waals surface area contributed by atoms with Gasteiger partial charge in [0.25, 0.3) is 0 Å². The fraction of sp³-hybridized carbons (Fsp3) is 0.364. The molecule has 14 heavy (non-hydrogen) atoms. The van der Waals surface area contributed by atoms with Crippen molar-refractivity contribution in [2.24, 2.45) is 0 Å². The summed E-state index contributed by atoms with van der Waals surface area (Å²) in [6.07, 6.45) is 0.444. The van der Waals surface area contributed by atoms with Gasteiger partial charge in [-0.3, -0.25) is 4.79 Å². The molecule has 0 spiro atoms. The smallest absolute Gasteiger partial charge is 0.191 e. The highest BCUT2D eigenvalue weighted by Crippen LogP contribution is 2.25. The van der Waals surface area contributed by atoms with E-state index in [1.54, 1.807) is 13.2 Å². The Kier molecular flexibility index (Phi) is 2.25. The van der Waals surface area contributed by atoms with Crippen molar-refractivity contribution in [3.05, 3.63) is 29.3 Å². The number of hydrogen-bond donors (Lipinski definition) is 1. The lowest BCUT2D eigenvalue weighted by atomic mass is 9.88. The van der Waals surface area contributed by atoms with Crippen molar-refractivity contribution in [3.63, 3.8) is 0 Å². The number of benzene rings is 1. The van der Waals surface area contributed by atoms with E-state index in [2.05, 4.69) is 0 Å². The molecule has 3 heteroatoms. The van der Waals surface area contributed by atoms with Crippen LogP contribution < -0.4 is 4.74 Å². The normalized spacial score (nSPS) is 20.4. The average Bonchev–Trinajstić information content (AvgIpc) is 2.23. The van der Waals surface area contributed by atoms with Gasteiger partial charge in [0.15, 0.2) is 5.78 Å². The molecule has 0 aromatic heterocycles. The molecule has 2 rings (SSSR count). The Morgan fingerprint density at radius 2 is 2.29 bits per heavy atom. The van der Waals surface area contributed by atoms with Gasteiger partial charge in [0.2, 0.25) is 0 Å². The lowest BCUT2D eigenvalue weighted by molar-refractivity contribution is 0.0712. The molecule has 1 aromatic rings. The first-order chi connectivity index (χ1) is 6.72. The number of ether oxygens (including phenoxy) is 1. The highest BCUT2D eigenvalue weighted by Gasteiger charge is 2.25. The maximum atomic E-state index is 11.6. The summed E-state index contributed by atoms with van der Waals surface area (Å²) in [6, 6.07) is 5.42. The molecule has 1 aliphatic carbocycles. The van der Waals surface area contributed by atoms with E-state index in [0.29, 0.717) is 17.7 Å². The van der Waals surface area contributed by atoms with Crippen LogP contribution in [0.2, 0.25) is 0 Å². The molecular formula is C11H12O3. The molecule has 1 atom stereocenters. The van der Waals surface area contributed by atoms with Crippen LogP contribution in [0.4, 0.5) is 0 Å². The quantitative estimate of drug-likeness (QED) is 0.726. The minimum absolute atomic E-state index is 0.190. The number of methoxy groups -OCH3 is 1. The Labute approximate surface area is 82.3 Å². The number of ketones is 1. The highest BCUT2D eigenvalue weighted by molar-refractivity contribution is 6.01. The zero-order valence-electron chi connectivity index (χ0n) is 7.99. The number of carbonyl (C=O) groups is 1. The standard InChI is InChI=1S/C11H12O3/c1-14-8-4-2-7-3-5-10(12)11(13)9(7)6-8/h2,4,6,10,12H,3,5H2,1H3. The maximum Gasteiger partial charge on any atom is 0.191 e. The molecule has 1 aromatic carbocycles. The summed E-state index contributed by atoms with van der Waals surface area (Å²) in [5.74, 6) is 0.469. The number of rotatable bonds is 1. The predicted molar refractivity (Wildman–Crippen MR) is 51.7 cm³/mol. The molecule has 0 bridgehead atoms. The Morgan fingerprint density at radius 3 is 3.00 bits per heavy atom. The van der Waals surface area contributed by atoms with Crippen LogP contribution in [0.15, 0.2) is 18.2 Å². The molecule has 0 radical (unpaired) electrons. The largest absolute Gasteiger partial charge is 0.497 e. The zero-order valence-corrected chi connectivity index (χ0v) is 7.99. The zero-order chi connectivity index (χ0) is 10.1. The Balaban J connectivity index is 2.46.